The number of hydrogen-bond donors (Lipinski definition) is 5. The minimum absolute atomic E-state index is 0.0783. The van der Waals surface area contributed by atoms with Gasteiger partial charge in [0.1, 0.15) is 35.4 Å². The summed E-state index contributed by atoms with van der Waals surface area (Å²) in [6.45, 7) is 6.16. The van der Waals surface area contributed by atoms with E-state index in [0.29, 0.717) is 41.9 Å². The van der Waals surface area contributed by atoms with Crippen LogP contribution >= 0.6 is 11.3 Å². The fourth-order valence-electron chi connectivity index (χ4n) is 8.97. The number of benzene rings is 2. The Morgan fingerprint density at radius 2 is 1.76 bits per heavy atom. The van der Waals surface area contributed by atoms with Gasteiger partial charge in [-0.2, -0.15) is 0 Å². The van der Waals surface area contributed by atoms with Gasteiger partial charge in [0.25, 0.3) is 15.9 Å². The van der Waals surface area contributed by atoms with Crippen LogP contribution in [0.5, 0.6) is 5.75 Å². The van der Waals surface area contributed by atoms with Crippen LogP contribution in [0, 0.1) is 12.8 Å². The number of pyridine rings is 1. The van der Waals surface area contributed by atoms with E-state index in [4.69, 9.17) is 19.4 Å². The van der Waals surface area contributed by atoms with Crippen LogP contribution in [0.4, 0.5) is 9.93 Å². The van der Waals surface area contributed by atoms with E-state index in [9.17, 15) is 27.9 Å². The maximum absolute atomic E-state index is 14.8. The molecule has 2 aliphatic carbocycles. The second-order valence-corrected chi connectivity index (χ2v) is 20.2. The number of aliphatic hydroxyl groups is 1. The van der Waals surface area contributed by atoms with Gasteiger partial charge in [0, 0.05) is 41.8 Å². The number of ether oxygens (including phenoxy) is 2. The highest BCUT2D eigenvalue weighted by atomic mass is 32.2. The average Bonchev–Trinajstić information content (AvgIpc) is 3.68. The summed E-state index contributed by atoms with van der Waals surface area (Å²) in [6.07, 6.45) is 8.30. The zero-order chi connectivity index (χ0) is 44.3. The molecule has 5 N–H and O–H groups in total. The van der Waals surface area contributed by atoms with Gasteiger partial charge in [-0.1, -0.05) is 49.3 Å². The number of fused-ring (bicyclic) bond motifs is 3. The minimum Gasteiger partial charge on any atom is -0.488 e. The van der Waals surface area contributed by atoms with E-state index in [2.05, 4.69) is 20.7 Å². The quantitative estimate of drug-likeness (QED) is 0.108. The summed E-state index contributed by atoms with van der Waals surface area (Å²) in [5.41, 5.74) is 1.44. The van der Waals surface area contributed by atoms with Crippen molar-refractivity contribution >= 4 is 55.3 Å². The minimum atomic E-state index is -4.26. The van der Waals surface area contributed by atoms with Gasteiger partial charge in [-0.25, -0.2) is 27.9 Å². The van der Waals surface area contributed by atoms with E-state index in [1.807, 2.05) is 62.6 Å². The number of aromatic nitrogens is 2. The number of sulfonamides is 1. The number of alkyl carbamates (subject to hydrolysis) is 1. The van der Waals surface area contributed by atoms with Crippen molar-refractivity contribution in [1.82, 2.24) is 30.2 Å². The number of aliphatic hydroxyl groups excluding tert-OH is 1. The summed E-state index contributed by atoms with van der Waals surface area (Å²) in [7, 11) is -4.26. The number of thiazole rings is 1. The van der Waals surface area contributed by atoms with Gasteiger partial charge in [0.05, 0.1) is 28.2 Å². The zero-order valence-electron chi connectivity index (χ0n) is 35.9. The molecule has 0 bridgehead atoms. The van der Waals surface area contributed by atoms with Crippen molar-refractivity contribution < 1.29 is 37.4 Å². The molecule has 6 atom stereocenters. The highest BCUT2D eigenvalue weighted by Crippen LogP contribution is 2.46. The molecule has 8 rings (SSSR count). The SMILES string of the molecule is Cc1ccc2c(O[C@@H]3C[C@H]4C(=O)N[C@]5(C(=O)NS(=O)(=O)c6ccccc6)CC5/C=C\CCCCC[C@H](NC(=O)OC5CCCC5)C(O)N4C3)cc(-c3csc(NC(C)C)n3)nc2c1. The molecule has 2 saturated carbocycles. The molecule has 2 aromatic heterocycles. The summed E-state index contributed by atoms with van der Waals surface area (Å²) >= 11 is 1.48. The largest absolute Gasteiger partial charge is 0.488 e. The molecule has 4 aliphatic rings. The lowest BCUT2D eigenvalue weighted by molar-refractivity contribution is -0.135. The predicted octanol–water partition coefficient (Wildman–Crippen LogP) is 6.56. The Morgan fingerprint density at radius 1 is 0.984 bits per heavy atom. The topological polar surface area (TPSA) is 201 Å². The van der Waals surface area contributed by atoms with E-state index >= 15 is 0 Å². The Bertz CT molecular complexity index is 2440. The average molecular weight is 900 g/mol. The number of allylic oxidation sites excluding steroid dienone is 1. The van der Waals surface area contributed by atoms with Crippen molar-refractivity contribution in [2.75, 3.05) is 11.9 Å². The Kier molecular flexibility index (Phi) is 13.4. The van der Waals surface area contributed by atoms with E-state index in [1.165, 1.54) is 23.5 Å². The van der Waals surface area contributed by atoms with Crippen LogP contribution < -0.4 is 25.4 Å². The molecule has 336 valence electrons. The molecule has 0 spiro atoms. The maximum Gasteiger partial charge on any atom is 0.407 e. The number of anilines is 1. The number of aryl methyl sites for hydroxylation is 1. The van der Waals surface area contributed by atoms with Crippen molar-refractivity contribution in [3.8, 4) is 17.1 Å². The van der Waals surface area contributed by atoms with Crippen molar-refractivity contribution in [1.29, 1.82) is 0 Å². The lowest BCUT2D eigenvalue weighted by Gasteiger charge is -2.35. The van der Waals surface area contributed by atoms with Gasteiger partial charge >= 0.3 is 6.09 Å². The molecule has 1 saturated heterocycles. The molecule has 4 aromatic rings. The molecule has 15 nitrogen and oxygen atoms in total. The highest BCUT2D eigenvalue weighted by molar-refractivity contribution is 7.90. The van der Waals surface area contributed by atoms with Crippen molar-refractivity contribution in [2.45, 2.75) is 138 Å². The number of amides is 3. The monoisotopic (exact) mass is 899 g/mol. The number of carbonyl (C=O) groups is 3. The Labute approximate surface area is 372 Å². The lowest BCUT2D eigenvalue weighted by Crippen LogP contribution is -2.59. The first-order valence-corrected chi connectivity index (χ1v) is 24.5. The Hall–Kier alpha value is -5.10. The second kappa shape index (κ2) is 18.9. The third kappa shape index (κ3) is 10.3. The van der Waals surface area contributed by atoms with Gasteiger partial charge in [-0.3, -0.25) is 14.5 Å². The summed E-state index contributed by atoms with van der Waals surface area (Å²) in [6, 6.07) is 13.7. The Balaban J connectivity index is 1.11. The molecular weight excluding hydrogens is 843 g/mol. The maximum atomic E-state index is 14.8. The molecule has 3 amide bonds. The van der Waals surface area contributed by atoms with Gasteiger partial charge in [0.2, 0.25) is 5.91 Å². The van der Waals surface area contributed by atoms with Gasteiger partial charge in [-0.05, 0) is 102 Å². The normalized spacial score (nSPS) is 26.4. The number of nitrogens with one attached hydrogen (secondary N) is 4. The van der Waals surface area contributed by atoms with Gasteiger partial charge in [-0.15, -0.1) is 11.3 Å². The number of hydrogen-bond acceptors (Lipinski definition) is 13. The molecule has 63 heavy (non-hydrogen) atoms. The van der Waals surface area contributed by atoms with Crippen molar-refractivity contribution in [2.24, 2.45) is 5.92 Å². The van der Waals surface area contributed by atoms with Crippen LogP contribution in [0.15, 0.2) is 77.0 Å². The van der Waals surface area contributed by atoms with Crippen LogP contribution in [-0.4, -0.2) is 94.9 Å². The molecule has 17 heteroatoms. The van der Waals surface area contributed by atoms with E-state index in [0.717, 1.165) is 54.6 Å². The predicted molar refractivity (Wildman–Crippen MR) is 241 cm³/mol. The van der Waals surface area contributed by atoms with Crippen molar-refractivity contribution in [3.05, 3.63) is 77.7 Å². The molecular formula is C46H57N7O8S2. The lowest BCUT2D eigenvalue weighted by atomic mass is 10.0. The molecule has 0 radical (unpaired) electrons. The fraction of sp³-hybridized carbons (Fsp3) is 0.500. The van der Waals surface area contributed by atoms with Crippen molar-refractivity contribution in [3.63, 3.8) is 0 Å². The third-order valence-corrected chi connectivity index (χ3v) is 14.5. The number of carbonyl (C=O) groups excluding carboxylic acids is 3. The van der Waals surface area contributed by atoms with Crippen LogP contribution in [0.3, 0.4) is 0 Å². The standard InChI is InChI=1S/C46H57N7O8S2/c1-28(2)47-44-49-38(27-62-44)37-24-40(34-21-20-29(3)22-36(34)48-37)60-32-23-39-41(54)51-46(43(56)52-63(58,59)33-17-9-7-10-18-33)25-30(46)14-8-5-4-6-11-19-35(42(55)53(39)26-32)50-45(57)61-31-15-12-13-16-31/h7-10,14,17-18,20-22,24,27-28,30-32,35,39,42,55H,4-6,11-13,15-16,19,23,25-26H2,1-3H3,(H,47,49)(H,50,57)(H,51,54)(H,52,56)/b14-8-/t30?,32-,35+,39+,42?,46-/m1/s1. The summed E-state index contributed by atoms with van der Waals surface area (Å²) in [4.78, 5) is 53.5. The second-order valence-electron chi connectivity index (χ2n) is 17.6. The molecule has 2 aliphatic heterocycles. The smallest absolute Gasteiger partial charge is 0.407 e. The van der Waals surface area contributed by atoms with Crippen LogP contribution in [0.1, 0.15) is 90.0 Å². The zero-order valence-corrected chi connectivity index (χ0v) is 37.6. The van der Waals surface area contributed by atoms with Gasteiger partial charge < -0.3 is 30.5 Å². The summed E-state index contributed by atoms with van der Waals surface area (Å²) < 4.78 is 41.6. The first-order chi connectivity index (χ1) is 30.3. The first kappa shape index (κ1) is 44.5. The third-order valence-electron chi connectivity index (χ3n) is 12.4. The molecule has 2 unspecified atom stereocenters. The highest BCUT2D eigenvalue weighted by Gasteiger charge is 2.61. The first-order valence-electron chi connectivity index (χ1n) is 22.1. The number of rotatable bonds is 10. The van der Waals surface area contributed by atoms with Crippen LogP contribution in [0.2, 0.25) is 0 Å². The molecule has 3 fully saturated rings. The van der Waals surface area contributed by atoms with Gasteiger partial charge in [0.15, 0.2) is 5.13 Å². The van der Waals surface area contributed by atoms with Crippen LogP contribution in [-0.2, 0) is 24.3 Å². The van der Waals surface area contributed by atoms with Crippen LogP contribution in [0.25, 0.3) is 22.3 Å². The van der Waals surface area contributed by atoms with E-state index in [1.54, 1.807) is 23.1 Å². The fourth-order valence-corrected chi connectivity index (χ4v) is 10.9. The number of nitrogens with zero attached hydrogens (tertiary/aromatic N) is 3. The van der Waals surface area contributed by atoms with E-state index in [-0.39, 0.29) is 36.4 Å². The summed E-state index contributed by atoms with van der Waals surface area (Å²) in [5.74, 6) is -1.36. The molecule has 4 heterocycles. The van der Waals surface area contributed by atoms with E-state index < -0.39 is 63.8 Å². The Morgan fingerprint density at radius 3 is 2.54 bits per heavy atom. The molecule has 2 aromatic carbocycles. The summed E-state index contributed by atoms with van der Waals surface area (Å²) in [5, 5.41) is 25.0.